The van der Waals surface area contributed by atoms with E-state index in [1.165, 1.54) is 13.4 Å². The number of hydrogen-bond donors (Lipinski definition) is 2. The minimum atomic E-state index is -0.689. The van der Waals surface area contributed by atoms with Gasteiger partial charge in [-0.3, -0.25) is 9.59 Å². The maximum atomic E-state index is 12.5. The zero-order valence-electron chi connectivity index (χ0n) is 13.9. The molecule has 2 amide bonds. The summed E-state index contributed by atoms with van der Waals surface area (Å²) >= 11 is 7.66. The van der Waals surface area contributed by atoms with Crippen molar-refractivity contribution in [3.8, 4) is 5.75 Å². The van der Waals surface area contributed by atoms with Gasteiger partial charge in [-0.05, 0) is 48.8 Å². The molecule has 0 saturated carbocycles. The zero-order chi connectivity index (χ0) is 18.2. The molecule has 1 atom stereocenters. The summed E-state index contributed by atoms with van der Waals surface area (Å²) < 4.78 is 10.1. The number of carbonyl (C=O) groups excluding carboxylic acids is 2. The molecule has 25 heavy (non-hydrogen) atoms. The Morgan fingerprint density at radius 2 is 2.16 bits per heavy atom. The summed E-state index contributed by atoms with van der Waals surface area (Å²) in [5.74, 6) is 0.647. The molecule has 1 aromatic carbocycles. The highest BCUT2D eigenvalue weighted by Gasteiger charge is 2.22. The maximum absolute atomic E-state index is 12.5. The van der Waals surface area contributed by atoms with E-state index in [0.717, 1.165) is 5.75 Å². The van der Waals surface area contributed by atoms with E-state index >= 15 is 0 Å². The van der Waals surface area contributed by atoms with Crippen molar-refractivity contribution in [1.29, 1.82) is 0 Å². The van der Waals surface area contributed by atoms with Crippen molar-refractivity contribution < 1.29 is 18.7 Å². The third-order valence-corrected chi connectivity index (χ3v) is 4.34. The number of halogens is 1. The molecule has 6 nitrogen and oxygen atoms in total. The Labute approximate surface area is 155 Å². The molecule has 1 aromatic heterocycles. The topological polar surface area (TPSA) is 80.6 Å². The first-order chi connectivity index (χ1) is 12.0. The summed E-state index contributed by atoms with van der Waals surface area (Å²) in [5, 5.41) is 5.85. The summed E-state index contributed by atoms with van der Waals surface area (Å²) in [6.07, 6.45) is 3.83. The number of methoxy groups -OCH3 is 1. The van der Waals surface area contributed by atoms with E-state index < -0.39 is 11.9 Å². The first kappa shape index (κ1) is 19.2. The number of anilines is 1. The quantitative estimate of drug-likeness (QED) is 0.731. The lowest BCUT2D eigenvalue weighted by Gasteiger charge is -2.18. The normalized spacial score (nSPS) is 11.6. The Kier molecular flexibility index (Phi) is 7.21. The summed E-state index contributed by atoms with van der Waals surface area (Å²) in [5.41, 5.74) is 0.525. The van der Waals surface area contributed by atoms with Crippen LogP contribution in [-0.2, 0) is 4.79 Å². The molecular weight excluding hydrogens is 364 g/mol. The fourth-order valence-corrected chi connectivity index (χ4v) is 2.84. The smallest absolute Gasteiger partial charge is 0.287 e. The van der Waals surface area contributed by atoms with Gasteiger partial charge < -0.3 is 19.8 Å². The van der Waals surface area contributed by atoms with E-state index in [-0.39, 0.29) is 11.7 Å². The van der Waals surface area contributed by atoms with E-state index in [4.69, 9.17) is 20.8 Å². The Morgan fingerprint density at radius 1 is 1.36 bits per heavy atom. The van der Waals surface area contributed by atoms with Gasteiger partial charge in [0.05, 0.1) is 18.4 Å². The van der Waals surface area contributed by atoms with Gasteiger partial charge in [-0.25, -0.2) is 0 Å². The number of benzene rings is 1. The van der Waals surface area contributed by atoms with Crippen LogP contribution in [0.5, 0.6) is 5.75 Å². The SMILES string of the molecule is COc1ccc(NC(=O)C(CCSC)NC(=O)c2ccco2)cc1Cl. The second-order valence-corrected chi connectivity index (χ2v) is 6.52. The van der Waals surface area contributed by atoms with Gasteiger partial charge >= 0.3 is 0 Å². The average molecular weight is 383 g/mol. The molecule has 0 aliphatic carbocycles. The van der Waals surface area contributed by atoms with E-state index in [0.29, 0.717) is 22.9 Å². The monoisotopic (exact) mass is 382 g/mol. The van der Waals surface area contributed by atoms with Crippen LogP contribution in [0.25, 0.3) is 0 Å². The number of rotatable bonds is 8. The molecule has 134 valence electrons. The van der Waals surface area contributed by atoms with Crippen LogP contribution in [0.4, 0.5) is 5.69 Å². The number of hydrogen-bond acceptors (Lipinski definition) is 5. The summed E-state index contributed by atoms with van der Waals surface area (Å²) in [6, 6.07) is 7.41. The summed E-state index contributed by atoms with van der Waals surface area (Å²) in [6.45, 7) is 0. The molecule has 0 bridgehead atoms. The highest BCUT2D eigenvalue weighted by molar-refractivity contribution is 7.98. The van der Waals surface area contributed by atoms with E-state index in [1.54, 1.807) is 42.1 Å². The predicted octanol–water partition coefficient (Wildman–Crippen LogP) is 3.43. The highest BCUT2D eigenvalue weighted by Crippen LogP contribution is 2.27. The minimum absolute atomic E-state index is 0.162. The van der Waals surface area contributed by atoms with Gasteiger partial charge in [0.25, 0.3) is 5.91 Å². The van der Waals surface area contributed by atoms with Crippen LogP contribution in [0.15, 0.2) is 41.0 Å². The molecule has 8 heteroatoms. The number of carbonyl (C=O) groups is 2. The summed E-state index contributed by atoms with van der Waals surface area (Å²) in [4.78, 5) is 24.7. The van der Waals surface area contributed by atoms with Gasteiger partial charge in [0, 0.05) is 5.69 Å². The second-order valence-electron chi connectivity index (χ2n) is 5.12. The van der Waals surface area contributed by atoms with Crippen molar-refractivity contribution in [3.63, 3.8) is 0 Å². The molecule has 1 unspecified atom stereocenters. The largest absolute Gasteiger partial charge is 0.495 e. The molecule has 2 rings (SSSR count). The standard InChI is InChI=1S/C17H19ClN2O4S/c1-23-14-6-5-11(10-12(14)18)19-16(21)13(7-9-25-2)20-17(22)15-4-3-8-24-15/h3-6,8,10,13H,7,9H2,1-2H3,(H,19,21)(H,20,22). The molecule has 2 N–H and O–H groups in total. The molecule has 2 aromatic rings. The van der Waals surface area contributed by atoms with Crippen molar-refractivity contribution in [2.75, 3.05) is 24.4 Å². The van der Waals surface area contributed by atoms with Gasteiger partial charge in [0.2, 0.25) is 5.91 Å². The Hall–Kier alpha value is -2.12. The zero-order valence-corrected chi connectivity index (χ0v) is 15.4. The van der Waals surface area contributed by atoms with Crippen molar-refractivity contribution >= 4 is 40.9 Å². The van der Waals surface area contributed by atoms with Gasteiger partial charge in [0.1, 0.15) is 11.8 Å². The number of thioether (sulfide) groups is 1. The van der Waals surface area contributed by atoms with Crippen LogP contribution in [0.3, 0.4) is 0 Å². The van der Waals surface area contributed by atoms with Gasteiger partial charge in [-0.1, -0.05) is 11.6 Å². The molecule has 0 saturated heterocycles. The third kappa shape index (κ3) is 5.44. The first-order valence-electron chi connectivity index (χ1n) is 7.53. The van der Waals surface area contributed by atoms with E-state index in [9.17, 15) is 9.59 Å². The van der Waals surface area contributed by atoms with Crippen LogP contribution in [-0.4, -0.2) is 37.0 Å². The maximum Gasteiger partial charge on any atom is 0.287 e. The lowest BCUT2D eigenvalue weighted by atomic mass is 10.2. The fourth-order valence-electron chi connectivity index (χ4n) is 2.12. The fraction of sp³-hybridized carbons (Fsp3) is 0.294. The van der Waals surface area contributed by atoms with Crippen LogP contribution in [0.2, 0.25) is 5.02 Å². The van der Waals surface area contributed by atoms with Crippen molar-refractivity contribution in [3.05, 3.63) is 47.4 Å². The Morgan fingerprint density at radius 3 is 2.76 bits per heavy atom. The molecule has 0 spiro atoms. The lowest BCUT2D eigenvalue weighted by Crippen LogP contribution is -2.44. The lowest BCUT2D eigenvalue weighted by molar-refractivity contribution is -0.118. The molecule has 0 fully saturated rings. The molecular formula is C17H19ClN2O4S. The first-order valence-corrected chi connectivity index (χ1v) is 9.30. The summed E-state index contributed by atoms with van der Waals surface area (Å²) in [7, 11) is 1.52. The second kappa shape index (κ2) is 9.39. The predicted molar refractivity (Wildman–Crippen MR) is 99.6 cm³/mol. The molecule has 0 aliphatic rings. The highest BCUT2D eigenvalue weighted by atomic mass is 35.5. The minimum Gasteiger partial charge on any atom is -0.495 e. The molecule has 0 aliphatic heterocycles. The van der Waals surface area contributed by atoms with E-state index in [2.05, 4.69) is 10.6 Å². The molecule has 1 heterocycles. The van der Waals surface area contributed by atoms with Gasteiger partial charge in [-0.15, -0.1) is 0 Å². The van der Waals surface area contributed by atoms with Crippen molar-refractivity contribution in [2.45, 2.75) is 12.5 Å². The van der Waals surface area contributed by atoms with Crippen LogP contribution < -0.4 is 15.4 Å². The van der Waals surface area contributed by atoms with Crippen LogP contribution in [0.1, 0.15) is 17.0 Å². The van der Waals surface area contributed by atoms with Gasteiger partial charge in [0.15, 0.2) is 5.76 Å². The van der Waals surface area contributed by atoms with E-state index in [1.807, 2.05) is 6.26 Å². The average Bonchev–Trinajstić information content (AvgIpc) is 3.13. The van der Waals surface area contributed by atoms with Crippen molar-refractivity contribution in [1.82, 2.24) is 5.32 Å². The number of ether oxygens (including phenoxy) is 1. The molecule has 0 radical (unpaired) electrons. The number of furan rings is 1. The Bertz CT molecular complexity index is 721. The number of amides is 2. The van der Waals surface area contributed by atoms with Crippen molar-refractivity contribution in [2.24, 2.45) is 0 Å². The van der Waals surface area contributed by atoms with Crippen LogP contribution >= 0.6 is 23.4 Å². The Balaban J connectivity index is 2.06. The van der Waals surface area contributed by atoms with Crippen LogP contribution in [0, 0.1) is 0 Å². The van der Waals surface area contributed by atoms with Gasteiger partial charge in [-0.2, -0.15) is 11.8 Å². The third-order valence-electron chi connectivity index (χ3n) is 3.40. The number of nitrogens with one attached hydrogen (secondary N) is 2.